The summed E-state index contributed by atoms with van der Waals surface area (Å²) in [7, 11) is 1.58. The number of aryl methyl sites for hydroxylation is 1. The minimum absolute atomic E-state index is 0.0584. The molecule has 0 saturated heterocycles. The Morgan fingerprint density at radius 2 is 2.12 bits per heavy atom. The molecule has 3 aromatic rings. The van der Waals surface area contributed by atoms with Gasteiger partial charge in [0.15, 0.2) is 0 Å². The molecule has 1 amide bonds. The summed E-state index contributed by atoms with van der Waals surface area (Å²) in [6, 6.07) is 12.0. The summed E-state index contributed by atoms with van der Waals surface area (Å²) in [4.78, 5) is 13.3. The Labute approximate surface area is 149 Å². The van der Waals surface area contributed by atoms with Gasteiger partial charge in [-0.05, 0) is 41.5 Å². The molecule has 0 spiro atoms. The van der Waals surface area contributed by atoms with Gasteiger partial charge in [0.1, 0.15) is 18.1 Å². The summed E-state index contributed by atoms with van der Waals surface area (Å²) in [6.07, 6.45) is 0. The number of carbonyl (C=O) groups excluding carboxylic acids is 1. The van der Waals surface area contributed by atoms with Gasteiger partial charge in [0.25, 0.3) is 0 Å². The molecule has 1 aromatic heterocycles. The van der Waals surface area contributed by atoms with Gasteiger partial charge in [-0.15, -0.1) is 10.2 Å². The van der Waals surface area contributed by atoms with Gasteiger partial charge in [0, 0.05) is 12.1 Å². The van der Waals surface area contributed by atoms with Crippen molar-refractivity contribution in [3.8, 4) is 17.1 Å². The highest BCUT2D eigenvalue weighted by Crippen LogP contribution is 2.19. The van der Waals surface area contributed by atoms with Crippen molar-refractivity contribution in [1.82, 2.24) is 25.5 Å². The highest BCUT2D eigenvalue weighted by molar-refractivity contribution is 5.75. The van der Waals surface area contributed by atoms with Gasteiger partial charge in [0.05, 0.1) is 7.11 Å². The lowest BCUT2D eigenvalue weighted by atomic mass is 10.1. The van der Waals surface area contributed by atoms with E-state index in [9.17, 15) is 9.18 Å². The van der Waals surface area contributed by atoms with Gasteiger partial charge in [-0.2, -0.15) is 4.80 Å². The van der Waals surface area contributed by atoms with Crippen LogP contribution < -0.4 is 10.1 Å². The second-order valence-electron chi connectivity index (χ2n) is 5.74. The summed E-state index contributed by atoms with van der Waals surface area (Å²) in [5.74, 6) is 0.565. The quantitative estimate of drug-likeness (QED) is 0.732. The first-order valence-corrected chi connectivity index (χ1v) is 7.99. The normalized spacial score (nSPS) is 10.6. The standard InChI is InChI=1S/C18H18FN5O2/c1-12-8-13(6-7-16(12)19)10-20-17(25)11-24-22-18(21-23-24)14-4-3-5-15(9-14)26-2/h3-9H,10-11H2,1-2H3,(H,20,25). The summed E-state index contributed by atoms with van der Waals surface area (Å²) in [6.45, 7) is 1.93. The molecule has 2 aromatic carbocycles. The van der Waals surface area contributed by atoms with Crippen LogP contribution in [0.1, 0.15) is 11.1 Å². The van der Waals surface area contributed by atoms with Crippen LogP contribution in [0.15, 0.2) is 42.5 Å². The number of nitrogens with one attached hydrogen (secondary N) is 1. The predicted molar refractivity (Wildman–Crippen MR) is 92.8 cm³/mol. The third-order valence-corrected chi connectivity index (χ3v) is 3.78. The summed E-state index contributed by atoms with van der Waals surface area (Å²) in [5.41, 5.74) is 2.11. The lowest BCUT2D eigenvalue weighted by Crippen LogP contribution is -2.28. The first-order valence-electron chi connectivity index (χ1n) is 7.99. The molecule has 8 heteroatoms. The first kappa shape index (κ1) is 17.5. The molecule has 7 nitrogen and oxygen atoms in total. The van der Waals surface area contributed by atoms with Gasteiger partial charge in [-0.25, -0.2) is 4.39 Å². The maximum Gasteiger partial charge on any atom is 0.243 e. The maximum atomic E-state index is 13.3. The maximum absolute atomic E-state index is 13.3. The topological polar surface area (TPSA) is 81.9 Å². The molecule has 1 heterocycles. The van der Waals surface area contributed by atoms with E-state index < -0.39 is 0 Å². The van der Waals surface area contributed by atoms with Crippen molar-refractivity contribution in [1.29, 1.82) is 0 Å². The Balaban J connectivity index is 1.59. The van der Waals surface area contributed by atoms with Crippen molar-refractivity contribution in [2.24, 2.45) is 0 Å². The largest absolute Gasteiger partial charge is 0.497 e. The highest BCUT2D eigenvalue weighted by Gasteiger charge is 2.10. The average Bonchev–Trinajstić information content (AvgIpc) is 3.11. The highest BCUT2D eigenvalue weighted by atomic mass is 19.1. The zero-order chi connectivity index (χ0) is 18.5. The van der Waals surface area contributed by atoms with Crippen LogP contribution in [0.3, 0.4) is 0 Å². The van der Waals surface area contributed by atoms with Gasteiger partial charge in [-0.1, -0.05) is 24.3 Å². The number of carbonyl (C=O) groups is 1. The van der Waals surface area contributed by atoms with E-state index >= 15 is 0 Å². The number of aromatic nitrogens is 4. The van der Waals surface area contributed by atoms with E-state index in [-0.39, 0.29) is 18.3 Å². The molecule has 0 bridgehead atoms. The Morgan fingerprint density at radius 1 is 1.27 bits per heavy atom. The molecule has 0 fully saturated rings. The number of benzene rings is 2. The molecule has 26 heavy (non-hydrogen) atoms. The van der Waals surface area contributed by atoms with Crippen LogP contribution >= 0.6 is 0 Å². The number of ether oxygens (including phenoxy) is 1. The lowest BCUT2D eigenvalue weighted by Gasteiger charge is -2.06. The fraction of sp³-hybridized carbons (Fsp3) is 0.222. The number of halogens is 1. The van der Waals surface area contributed by atoms with Crippen LogP contribution in [0, 0.1) is 12.7 Å². The molecule has 0 aliphatic rings. The average molecular weight is 355 g/mol. The minimum Gasteiger partial charge on any atom is -0.497 e. The van der Waals surface area contributed by atoms with E-state index in [0.717, 1.165) is 11.1 Å². The van der Waals surface area contributed by atoms with Crippen LogP contribution in [0.4, 0.5) is 4.39 Å². The second-order valence-corrected chi connectivity index (χ2v) is 5.74. The molecular formula is C18H18FN5O2. The van der Waals surface area contributed by atoms with Gasteiger partial charge < -0.3 is 10.1 Å². The predicted octanol–water partition coefficient (Wildman–Crippen LogP) is 2.11. The molecule has 134 valence electrons. The molecule has 0 saturated carbocycles. The third-order valence-electron chi connectivity index (χ3n) is 3.78. The molecule has 0 unspecified atom stereocenters. The minimum atomic E-state index is -0.267. The molecule has 0 radical (unpaired) electrons. The number of nitrogens with zero attached hydrogens (tertiary/aromatic N) is 4. The van der Waals surface area contributed by atoms with Crippen molar-refractivity contribution < 1.29 is 13.9 Å². The van der Waals surface area contributed by atoms with E-state index in [2.05, 4.69) is 20.7 Å². The van der Waals surface area contributed by atoms with E-state index in [4.69, 9.17) is 4.74 Å². The summed E-state index contributed by atoms with van der Waals surface area (Å²) < 4.78 is 18.4. The second kappa shape index (κ2) is 7.73. The number of amides is 1. The van der Waals surface area contributed by atoms with Crippen molar-refractivity contribution in [2.75, 3.05) is 7.11 Å². The molecule has 1 N–H and O–H groups in total. The molecule has 0 aliphatic heterocycles. The van der Waals surface area contributed by atoms with Crippen molar-refractivity contribution in [2.45, 2.75) is 20.0 Å². The van der Waals surface area contributed by atoms with Crippen molar-refractivity contribution in [3.63, 3.8) is 0 Å². The SMILES string of the molecule is COc1cccc(-c2nnn(CC(=O)NCc3ccc(F)c(C)c3)n2)c1. The zero-order valence-electron chi connectivity index (χ0n) is 14.4. The smallest absolute Gasteiger partial charge is 0.243 e. The van der Waals surface area contributed by atoms with Crippen LogP contribution in [-0.4, -0.2) is 33.2 Å². The summed E-state index contributed by atoms with van der Waals surface area (Å²) in [5, 5.41) is 14.8. The van der Waals surface area contributed by atoms with E-state index in [1.54, 1.807) is 32.2 Å². The monoisotopic (exact) mass is 355 g/mol. The third kappa shape index (κ3) is 4.21. The Hall–Kier alpha value is -3.29. The number of hydrogen-bond acceptors (Lipinski definition) is 5. The molecule has 0 aliphatic carbocycles. The van der Waals surface area contributed by atoms with E-state index in [1.807, 2.05) is 18.2 Å². The van der Waals surface area contributed by atoms with Crippen molar-refractivity contribution in [3.05, 3.63) is 59.4 Å². The molecular weight excluding hydrogens is 337 g/mol. The molecule has 3 rings (SSSR count). The van der Waals surface area contributed by atoms with Crippen LogP contribution in [0.2, 0.25) is 0 Å². The Morgan fingerprint density at radius 3 is 2.88 bits per heavy atom. The zero-order valence-corrected chi connectivity index (χ0v) is 14.4. The first-order chi connectivity index (χ1) is 12.5. The van der Waals surface area contributed by atoms with Gasteiger partial charge in [-0.3, -0.25) is 4.79 Å². The Kier molecular flexibility index (Phi) is 5.21. The summed E-state index contributed by atoms with van der Waals surface area (Å²) >= 11 is 0. The number of hydrogen-bond donors (Lipinski definition) is 1. The number of methoxy groups -OCH3 is 1. The number of tetrazole rings is 1. The van der Waals surface area contributed by atoms with Gasteiger partial charge >= 0.3 is 0 Å². The van der Waals surface area contributed by atoms with E-state index in [0.29, 0.717) is 23.7 Å². The van der Waals surface area contributed by atoms with Gasteiger partial charge in [0.2, 0.25) is 11.7 Å². The molecule has 0 atom stereocenters. The van der Waals surface area contributed by atoms with Crippen LogP contribution in [0.25, 0.3) is 11.4 Å². The van der Waals surface area contributed by atoms with Crippen molar-refractivity contribution >= 4 is 5.91 Å². The van der Waals surface area contributed by atoms with E-state index in [1.165, 1.54) is 10.9 Å². The van der Waals surface area contributed by atoms with Crippen LogP contribution in [-0.2, 0) is 17.9 Å². The Bertz CT molecular complexity index is 925. The lowest BCUT2D eigenvalue weighted by molar-refractivity contribution is -0.122. The fourth-order valence-corrected chi connectivity index (χ4v) is 2.39. The van der Waals surface area contributed by atoms with Crippen LogP contribution in [0.5, 0.6) is 5.75 Å². The fourth-order valence-electron chi connectivity index (χ4n) is 2.39. The number of rotatable bonds is 6.